The lowest BCUT2D eigenvalue weighted by molar-refractivity contribution is -0.124. The number of amides is 3. The van der Waals surface area contributed by atoms with Crippen LogP contribution in [0.2, 0.25) is 0 Å². The largest absolute Gasteiger partial charge is 0.356 e. The fraction of sp³-hybridized carbons (Fsp3) is 0.529. The highest BCUT2D eigenvalue weighted by molar-refractivity contribution is 5.82. The van der Waals surface area contributed by atoms with Gasteiger partial charge in [-0.3, -0.25) is 4.79 Å². The zero-order valence-electron chi connectivity index (χ0n) is 13.6. The van der Waals surface area contributed by atoms with Gasteiger partial charge in [-0.05, 0) is 31.0 Å². The van der Waals surface area contributed by atoms with Crippen LogP contribution in [0, 0.1) is 11.7 Å². The first-order valence-electron chi connectivity index (χ1n) is 8.12. The van der Waals surface area contributed by atoms with Gasteiger partial charge in [-0.15, -0.1) is 0 Å². The van der Waals surface area contributed by atoms with E-state index in [1.165, 1.54) is 12.1 Å². The van der Waals surface area contributed by atoms with Gasteiger partial charge in [-0.2, -0.15) is 0 Å². The second-order valence-corrected chi connectivity index (χ2v) is 5.80. The van der Waals surface area contributed by atoms with Gasteiger partial charge in [-0.25, -0.2) is 9.18 Å². The van der Waals surface area contributed by atoms with Crippen LogP contribution in [0.4, 0.5) is 9.18 Å². The van der Waals surface area contributed by atoms with Crippen LogP contribution in [0.3, 0.4) is 0 Å². The van der Waals surface area contributed by atoms with Gasteiger partial charge >= 0.3 is 6.03 Å². The van der Waals surface area contributed by atoms with Crippen molar-refractivity contribution in [2.75, 3.05) is 26.2 Å². The average Bonchev–Trinajstić information content (AvgIpc) is 2.98. The Morgan fingerprint density at radius 2 is 2.04 bits per heavy atom. The summed E-state index contributed by atoms with van der Waals surface area (Å²) in [5.41, 5.74) is 0.758. The smallest absolute Gasteiger partial charge is 0.317 e. The standard InChI is InChI=1S/C17H24FN3O2/c1-3-8-20-16(22)15-11-21(17(23)19-4-2)10-14(15)12-6-5-7-13(18)9-12/h5-7,9,14-15H,3-4,8,10-11H2,1-2H3,(H,19,23)(H,20,22)/t14-,15+/m1/s1. The first-order chi connectivity index (χ1) is 11.1. The van der Waals surface area contributed by atoms with Gasteiger partial charge < -0.3 is 15.5 Å². The Hall–Kier alpha value is -2.11. The molecule has 1 heterocycles. The van der Waals surface area contributed by atoms with Crippen LogP contribution < -0.4 is 10.6 Å². The zero-order valence-corrected chi connectivity index (χ0v) is 13.6. The highest BCUT2D eigenvalue weighted by Crippen LogP contribution is 2.33. The summed E-state index contributed by atoms with van der Waals surface area (Å²) in [6.45, 7) is 5.74. The molecule has 1 aliphatic heterocycles. The molecule has 126 valence electrons. The third kappa shape index (κ3) is 4.21. The Labute approximate surface area is 136 Å². The number of carbonyl (C=O) groups excluding carboxylic acids is 2. The summed E-state index contributed by atoms with van der Waals surface area (Å²) in [5, 5.41) is 5.64. The number of hydrogen-bond acceptors (Lipinski definition) is 2. The Morgan fingerprint density at radius 1 is 1.26 bits per heavy atom. The van der Waals surface area contributed by atoms with Crippen LogP contribution in [0.15, 0.2) is 24.3 Å². The van der Waals surface area contributed by atoms with Crippen molar-refractivity contribution in [3.05, 3.63) is 35.6 Å². The molecule has 3 amide bonds. The predicted molar refractivity (Wildman–Crippen MR) is 86.6 cm³/mol. The molecular formula is C17H24FN3O2. The molecule has 0 aliphatic carbocycles. The van der Waals surface area contributed by atoms with Crippen LogP contribution >= 0.6 is 0 Å². The van der Waals surface area contributed by atoms with Crippen molar-refractivity contribution in [2.45, 2.75) is 26.2 Å². The van der Waals surface area contributed by atoms with Crippen LogP contribution in [0.25, 0.3) is 0 Å². The summed E-state index contributed by atoms with van der Waals surface area (Å²) in [6, 6.07) is 6.10. The number of urea groups is 1. The molecule has 0 spiro atoms. The molecule has 0 unspecified atom stereocenters. The second kappa shape index (κ2) is 7.94. The minimum Gasteiger partial charge on any atom is -0.356 e. The van der Waals surface area contributed by atoms with E-state index in [9.17, 15) is 14.0 Å². The predicted octanol–water partition coefficient (Wildman–Crippen LogP) is 2.10. The summed E-state index contributed by atoms with van der Waals surface area (Å²) in [7, 11) is 0. The number of hydrogen-bond donors (Lipinski definition) is 2. The van der Waals surface area contributed by atoms with E-state index in [0.717, 1.165) is 12.0 Å². The number of rotatable bonds is 5. The minimum absolute atomic E-state index is 0.0760. The molecule has 23 heavy (non-hydrogen) atoms. The third-order valence-electron chi connectivity index (χ3n) is 4.10. The van der Waals surface area contributed by atoms with Crippen molar-refractivity contribution in [1.29, 1.82) is 0 Å². The molecule has 1 fully saturated rings. The number of likely N-dealkylation sites (tertiary alicyclic amines) is 1. The average molecular weight is 321 g/mol. The quantitative estimate of drug-likeness (QED) is 0.872. The Balaban J connectivity index is 2.20. The van der Waals surface area contributed by atoms with E-state index in [1.54, 1.807) is 11.0 Å². The monoisotopic (exact) mass is 321 g/mol. The molecule has 0 saturated carbocycles. The molecule has 1 saturated heterocycles. The number of carbonyl (C=O) groups is 2. The maximum absolute atomic E-state index is 13.5. The Bertz CT molecular complexity index is 565. The molecule has 2 rings (SSSR count). The molecule has 5 nitrogen and oxygen atoms in total. The topological polar surface area (TPSA) is 61.4 Å². The first kappa shape index (κ1) is 17.2. The number of halogens is 1. The van der Waals surface area contributed by atoms with E-state index in [0.29, 0.717) is 26.2 Å². The molecule has 0 aromatic heterocycles. The van der Waals surface area contributed by atoms with Crippen LogP contribution in [0.1, 0.15) is 31.7 Å². The van der Waals surface area contributed by atoms with Gasteiger partial charge in [0.15, 0.2) is 0 Å². The maximum atomic E-state index is 13.5. The van der Waals surface area contributed by atoms with Crippen LogP contribution in [0.5, 0.6) is 0 Å². The van der Waals surface area contributed by atoms with E-state index >= 15 is 0 Å². The number of nitrogens with one attached hydrogen (secondary N) is 2. The first-order valence-corrected chi connectivity index (χ1v) is 8.12. The van der Waals surface area contributed by atoms with Crippen molar-refractivity contribution in [3.8, 4) is 0 Å². The zero-order chi connectivity index (χ0) is 16.8. The maximum Gasteiger partial charge on any atom is 0.317 e. The lowest BCUT2D eigenvalue weighted by atomic mass is 9.88. The highest BCUT2D eigenvalue weighted by Gasteiger charge is 2.40. The third-order valence-corrected chi connectivity index (χ3v) is 4.10. The molecule has 0 bridgehead atoms. The van der Waals surface area contributed by atoms with Gasteiger partial charge in [0.2, 0.25) is 5.91 Å². The molecular weight excluding hydrogens is 297 g/mol. The molecule has 0 radical (unpaired) electrons. The summed E-state index contributed by atoms with van der Waals surface area (Å²) in [6.07, 6.45) is 0.850. The molecule has 1 aromatic rings. The molecule has 6 heteroatoms. The van der Waals surface area contributed by atoms with Crippen molar-refractivity contribution in [2.24, 2.45) is 5.92 Å². The summed E-state index contributed by atoms with van der Waals surface area (Å²) >= 11 is 0. The molecule has 1 aliphatic rings. The van der Waals surface area contributed by atoms with Gasteiger partial charge in [0.05, 0.1) is 5.92 Å². The van der Waals surface area contributed by atoms with Crippen molar-refractivity contribution >= 4 is 11.9 Å². The number of benzene rings is 1. The van der Waals surface area contributed by atoms with Crippen LogP contribution in [-0.4, -0.2) is 43.0 Å². The normalized spacial score (nSPS) is 20.4. The van der Waals surface area contributed by atoms with Crippen molar-refractivity contribution in [3.63, 3.8) is 0 Å². The fourth-order valence-electron chi connectivity index (χ4n) is 2.95. The van der Waals surface area contributed by atoms with Gasteiger partial charge in [0.25, 0.3) is 0 Å². The summed E-state index contributed by atoms with van der Waals surface area (Å²) in [4.78, 5) is 26.2. The van der Waals surface area contributed by atoms with E-state index in [4.69, 9.17) is 0 Å². The molecule has 1 aromatic carbocycles. The van der Waals surface area contributed by atoms with Gasteiger partial charge in [0, 0.05) is 32.1 Å². The van der Waals surface area contributed by atoms with E-state index in [-0.39, 0.29) is 29.6 Å². The minimum atomic E-state index is -0.356. The van der Waals surface area contributed by atoms with E-state index < -0.39 is 0 Å². The summed E-state index contributed by atoms with van der Waals surface area (Å²) in [5.74, 6) is -0.948. The SMILES string of the molecule is CCCNC(=O)[C@H]1CN(C(=O)NCC)C[C@@H]1c1cccc(F)c1. The molecule has 2 N–H and O–H groups in total. The van der Waals surface area contributed by atoms with Gasteiger partial charge in [0.1, 0.15) is 5.82 Å². The highest BCUT2D eigenvalue weighted by atomic mass is 19.1. The Morgan fingerprint density at radius 3 is 2.70 bits per heavy atom. The lowest BCUT2D eigenvalue weighted by Gasteiger charge is -2.18. The number of nitrogens with zero attached hydrogens (tertiary/aromatic N) is 1. The fourth-order valence-corrected chi connectivity index (χ4v) is 2.95. The second-order valence-electron chi connectivity index (χ2n) is 5.80. The van der Waals surface area contributed by atoms with E-state index in [1.807, 2.05) is 19.9 Å². The molecule has 2 atom stereocenters. The summed E-state index contributed by atoms with van der Waals surface area (Å²) < 4.78 is 13.5. The van der Waals surface area contributed by atoms with Crippen molar-refractivity contribution < 1.29 is 14.0 Å². The van der Waals surface area contributed by atoms with E-state index in [2.05, 4.69) is 10.6 Å². The Kier molecular flexibility index (Phi) is 5.96. The van der Waals surface area contributed by atoms with Crippen molar-refractivity contribution in [1.82, 2.24) is 15.5 Å². The van der Waals surface area contributed by atoms with Gasteiger partial charge in [-0.1, -0.05) is 19.1 Å². The van der Waals surface area contributed by atoms with Crippen LogP contribution in [-0.2, 0) is 4.79 Å². The lowest BCUT2D eigenvalue weighted by Crippen LogP contribution is -2.40.